The van der Waals surface area contributed by atoms with Crippen molar-refractivity contribution < 1.29 is 12.6 Å². The maximum Gasteiger partial charge on any atom is 0.297 e. The first-order chi connectivity index (χ1) is 8.38. The average molecular weight is 269 g/mol. The molecule has 1 aromatic rings. The minimum absolute atomic E-state index is 0.177. The molecular formula is C13H19NO3S. The molecule has 0 saturated heterocycles. The summed E-state index contributed by atoms with van der Waals surface area (Å²) in [6.07, 6.45) is 1.37. The van der Waals surface area contributed by atoms with Gasteiger partial charge in [0.25, 0.3) is 10.1 Å². The van der Waals surface area contributed by atoms with E-state index in [-0.39, 0.29) is 11.0 Å². The van der Waals surface area contributed by atoms with Crippen molar-refractivity contribution in [1.29, 1.82) is 0 Å². The molecule has 0 bridgehead atoms. The molecule has 0 aromatic heterocycles. The van der Waals surface area contributed by atoms with Crippen molar-refractivity contribution in [3.05, 3.63) is 29.8 Å². The molecular weight excluding hydrogens is 250 g/mol. The number of benzene rings is 1. The fourth-order valence-corrected chi connectivity index (χ4v) is 3.07. The molecule has 5 heteroatoms. The second-order valence-corrected chi connectivity index (χ2v) is 6.65. The van der Waals surface area contributed by atoms with E-state index in [2.05, 4.69) is 4.90 Å². The molecule has 0 radical (unpaired) electrons. The first kappa shape index (κ1) is 13.5. The van der Waals surface area contributed by atoms with E-state index >= 15 is 0 Å². The fraction of sp³-hybridized carbons (Fsp3) is 0.538. The van der Waals surface area contributed by atoms with Gasteiger partial charge in [-0.1, -0.05) is 17.7 Å². The van der Waals surface area contributed by atoms with Gasteiger partial charge in [0.1, 0.15) is 0 Å². The summed E-state index contributed by atoms with van der Waals surface area (Å²) < 4.78 is 29.2. The van der Waals surface area contributed by atoms with Crippen molar-refractivity contribution in [2.75, 3.05) is 14.1 Å². The van der Waals surface area contributed by atoms with E-state index in [1.165, 1.54) is 0 Å². The fourth-order valence-electron chi connectivity index (χ4n) is 1.98. The van der Waals surface area contributed by atoms with Gasteiger partial charge in [0, 0.05) is 6.04 Å². The molecule has 4 nitrogen and oxygen atoms in total. The van der Waals surface area contributed by atoms with E-state index < -0.39 is 10.1 Å². The first-order valence-corrected chi connectivity index (χ1v) is 7.46. The molecule has 2 rings (SSSR count). The predicted octanol–water partition coefficient (Wildman–Crippen LogP) is 1.79. The summed E-state index contributed by atoms with van der Waals surface area (Å²) in [7, 11) is 0.386. The number of hydrogen-bond acceptors (Lipinski definition) is 4. The SMILES string of the molecule is Cc1ccc(S(=O)(=O)O[C@H]2C[C@@H](N(C)C)C2)cc1. The van der Waals surface area contributed by atoms with Crippen molar-refractivity contribution in [3.63, 3.8) is 0 Å². The van der Waals surface area contributed by atoms with Crippen LogP contribution < -0.4 is 0 Å². The summed E-state index contributed by atoms with van der Waals surface area (Å²) in [5, 5.41) is 0. The Morgan fingerprint density at radius 1 is 1.17 bits per heavy atom. The van der Waals surface area contributed by atoms with Crippen molar-refractivity contribution in [2.24, 2.45) is 0 Å². The maximum absolute atomic E-state index is 12.0. The van der Waals surface area contributed by atoms with E-state index in [9.17, 15) is 8.42 Å². The van der Waals surface area contributed by atoms with Crippen LogP contribution in [0.15, 0.2) is 29.2 Å². The van der Waals surface area contributed by atoms with E-state index in [1.807, 2.05) is 21.0 Å². The van der Waals surface area contributed by atoms with Gasteiger partial charge in [-0.25, -0.2) is 0 Å². The Kier molecular flexibility index (Phi) is 3.75. The first-order valence-electron chi connectivity index (χ1n) is 6.05. The molecule has 0 N–H and O–H groups in total. The van der Waals surface area contributed by atoms with Gasteiger partial charge in [0.15, 0.2) is 0 Å². The van der Waals surface area contributed by atoms with Gasteiger partial charge in [-0.3, -0.25) is 4.18 Å². The average Bonchev–Trinajstić information content (AvgIpc) is 2.23. The van der Waals surface area contributed by atoms with Crippen LogP contribution in [0.25, 0.3) is 0 Å². The minimum atomic E-state index is -3.60. The van der Waals surface area contributed by atoms with Crippen LogP contribution in [-0.4, -0.2) is 39.6 Å². The lowest BCUT2D eigenvalue weighted by Gasteiger charge is -2.38. The second-order valence-electron chi connectivity index (χ2n) is 5.07. The molecule has 1 aromatic carbocycles. The van der Waals surface area contributed by atoms with Gasteiger partial charge in [0.2, 0.25) is 0 Å². The topological polar surface area (TPSA) is 46.6 Å². The molecule has 0 spiro atoms. The summed E-state index contributed by atoms with van der Waals surface area (Å²) in [5.74, 6) is 0. The van der Waals surface area contributed by atoms with Crippen LogP contribution in [-0.2, 0) is 14.3 Å². The highest BCUT2D eigenvalue weighted by atomic mass is 32.2. The van der Waals surface area contributed by atoms with Gasteiger partial charge >= 0.3 is 0 Å². The third-order valence-corrected chi connectivity index (χ3v) is 4.75. The number of hydrogen-bond donors (Lipinski definition) is 0. The van der Waals surface area contributed by atoms with Crippen molar-refractivity contribution in [1.82, 2.24) is 4.90 Å². The van der Waals surface area contributed by atoms with E-state index in [1.54, 1.807) is 24.3 Å². The second kappa shape index (κ2) is 4.99. The van der Waals surface area contributed by atoms with Crippen LogP contribution in [0.1, 0.15) is 18.4 Å². The maximum atomic E-state index is 12.0. The zero-order valence-corrected chi connectivity index (χ0v) is 11.8. The Morgan fingerprint density at radius 2 is 1.72 bits per heavy atom. The Labute approximate surface area is 109 Å². The van der Waals surface area contributed by atoms with Gasteiger partial charge in [0.05, 0.1) is 11.0 Å². The summed E-state index contributed by atoms with van der Waals surface area (Å²) in [4.78, 5) is 2.33. The molecule has 1 fully saturated rings. The minimum Gasteiger partial charge on any atom is -0.306 e. The molecule has 0 unspecified atom stereocenters. The zero-order valence-electron chi connectivity index (χ0n) is 11.0. The summed E-state index contributed by atoms with van der Waals surface area (Å²) in [6.45, 7) is 1.92. The highest BCUT2D eigenvalue weighted by Gasteiger charge is 2.35. The highest BCUT2D eigenvalue weighted by molar-refractivity contribution is 7.86. The van der Waals surface area contributed by atoms with Crippen LogP contribution in [0, 0.1) is 6.92 Å². The lowest BCUT2D eigenvalue weighted by Crippen LogP contribution is -2.45. The molecule has 100 valence electrons. The van der Waals surface area contributed by atoms with Gasteiger partial charge < -0.3 is 4.90 Å². The van der Waals surface area contributed by atoms with Crippen molar-refractivity contribution in [2.45, 2.75) is 36.8 Å². The predicted molar refractivity (Wildman–Crippen MR) is 69.9 cm³/mol. The largest absolute Gasteiger partial charge is 0.306 e. The lowest BCUT2D eigenvalue weighted by molar-refractivity contribution is 0.0448. The Bertz CT molecular complexity index is 502. The van der Waals surface area contributed by atoms with Gasteiger partial charge in [-0.15, -0.1) is 0 Å². The highest BCUT2D eigenvalue weighted by Crippen LogP contribution is 2.29. The quantitative estimate of drug-likeness (QED) is 0.782. The van der Waals surface area contributed by atoms with Crippen LogP contribution in [0.5, 0.6) is 0 Å². The zero-order chi connectivity index (χ0) is 13.3. The van der Waals surface area contributed by atoms with Crippen LogP contribution in [0.2, 0.25) is 0 Å². The van der Waals surface area contributed by atoms with Crippen LogP contribution in [0.3, 0.4) is 0 Å². The van der Waals surface area contributed by atoms with E-state index in [0.717, 1.165) is 18.4 Å². The van der Waals surface area contributed by atoms with Crippen LogP contribution in [0.4, 0.5) is 0 Å². The molecule has 18 heavy (non-hydrogen) atoms. The Hall–Kier alpha value is -0.910. The van der Waals surface area contributed by atoms with Crippen LogP contribution >= 0.6 is 0 Å². The lowest BCUT2D eigenvalue weighted by atomic mass is 9.89. The summed E-state index contributed by atoms with van der Waals surface area (Å²) in [6, 6.07) is 7.17. The van der Waals surface area contributed by atoms with E-state index in [4.69, 9.17) is 4.18 Å². The normalized spacial score (nSPS) is 24.0. The third kappa shape index (κ3) is 2.91. The molecule has 0 atom stereocenters. The standard InChI is InChI=1S/C13H19NO3S/c1-10-4-6-13(7-5-10)18(15,16)17-12-8-11(9-12)14(2)3/h4-7,11-12H,8-9H2,1-3H3/t11-,12+. The number of nitrogens with zero attached hydrogens (tertiary/aromatic N) is 1. The van der Waals surface area contributed by atoms with Gasteiger partial charge in [-0.05, 0) is 46.0 Å². The summed E-state index contributed by atoms with van der Waals surface area (Å²) in [5.41, 5.74) is 1.03. The third-order valence-electron chi connectivity index (χ3n) is 3.37. The molecule has 0 heterocycles. The smallest absolute Gasteiger partial charge is 0.297 e. The van der Waals surface area contributed by atoms with Gasteiger partial charge in [-0.2, -0.15) is 8.42 Å². The molecule has 0 amide bonds. The van der Waals surface area contributed by atoms with E-state index in [0.29, 0.717) is 6.04 Å². The van der Waals surface area contributed by atoms with Crippen molar-refractivity contribution in [3.8, 4) is 0 Å². The number of rotatable bonds is 4. The number of aryl methyl sites for hydroxylation is 1. The molecule has 1 saturated carbocycles. The Morgan fingerprint density at radius 3 is 2.22 bits per heavy atom. The monoisotopic (exact) mass is 269 g/mol. The molecule has 0 aliphatic heterocycles. The summed E-state index contributed by atoms with van der Waals surface area (Å²) >= 11 is 0. The molecule has 1 aliphatic carbocycles. The molecule has 1 aliphatic rings. The Balaban J connectivity index is 1.99. The van der Waals surface area contributed by atoms with Crippen molar-refractivity contribution >= 4 is 10.1 Å².